The normalized spacial score (nSPS) is 19.0. The SMILES string of the molecule is Cc1cc(-c2nc(N[C@H]3CC[C@H](N(C(=O)NCc4ccccc4)c4cnc(-c5cnn(C)c5)cn4)CC3)ncc2C#N)n(C2CCCCO2)n1. The maximum atomic E-state index is 13.8. The number of nitriles is 1. The van der Waals surface area contributed by atoms with Gasteiger partial charge in [-0.2, -0.15) is 15.5 Å². The van der Waals surface area contributed by atoms with E-state index in [1.165, 1.54) is 0 Å². The first-order valence-electron chi connectivity index (χ1n) is 17.1. The van der Waals surface area contributed by atoms with Crippen molar-refractivity contribution in [2.24, 2.45) is 7.05 Å². The standard InChI is InChI=1S/C36H40N12O2/c1-24-16-31(48(45-24)33-10-6-7-15-50-33)34-26(17-37)19-40-35(44-34)43-28-11-13-29(14-12-28)47(36(49)41-18-25-8-4-3-5-9-25)32-22-38-30(21-39-32)27-20-42-46(2)23-27/h3-5,8-9,16,19-23,28-29,33H,6-7,10-15,18H2,1-2H3,(H,41,49)(H,40,43,44)/t28-,29-,33?. The van der Waals surface area contributed by atoms with E-state index in [-0.39, 0.29) is 24.3 Å². The summed E-state index contributed by atoms with van der Waals surface area (Å²) in [6.07, 6.45) is 14.3. The summed E-state index contributed by atoms with van der Waals surface area (Å²) in [5.41, 5.74) is 5.04. The van der Waals surface area contributed by atoms with E-state index in [0.29, 0.717) is 41.9 Å². The number of aromatic nitrogens is 8. The molecule has 1 saturated carbocycles. The van der Waals surface area contributed by atoms with E-state index in [2.05, 4.69) is 36.8 Å². The Hall–Kier alpha value is -5.68. The molecule has 1 aliphatic heterocycles. The third-order valence-electron chi connectivity index (χ3n) is 9.22. The summed E-state index contributed by atoms with van der Waals surface area (Å²) < 4.78 is 9.59. The number of carbonyl (C=O) groups is 1. The molecule has 2 fully saturated rings. The van der Waals surface area contributed by atoms with Crippen LogP contribution in [0.25, 0.3) is 22.6 Å². The molecule has 14 heteroatoms. The number of anilines is 2. The molecule has 7 rings (SSSR count). The van der Waals surface area contributed by atoms with Gasteiger partial charge in [-0.1, -0.05) is 30.3 Å². The predicted molar refractivity (Wildman–Crippen MR) is 187 cm³/mol. The number of ether oxygens (including phenoxy) is 1. The van der Waals surface area contributed by atoms with Crippen LogP contribution in [0.1, 0.15) is 68.0 Å². The van der Waals surface area contributed by atoms with Crippen molar-refractivity contribution in [2.75, 3.05) is 16.8 Å². The van der Waals surface area contributed by atoms with Gasteiger partial charge in [-0.3, -0.25) is 14.6 Å². The Balaban J connectivity index is 1.07. The zero-order chi connectivity index (χ0) is 34.5. The van der Waals surface area contributed by atoms with Crippen LogP contribution in [0.4, 0.5) is 16.6 Å². The highest BCUT2D eigenvalue weighted by atomic mass is 16.5. The Bertz CT molecular complexity index is 1950. The molecule has 1 atom stereocenters. The minimum atomic E-state index is -0.220. The van der Waals surface area contributed by atoms with Crippen LogP contribution in [-0.2, 0) is 18.3 Å². The van der Waals surface area contributed by atoms with Crippen LogP contribution < -0.4 is 15.5 Å². The topological polar surface area (TPSA) is 165 Å². The zero-order valence-electron chi connectivity index (χ0n) is 28.2. The second-order valence-electron chi connectivity index (χ2n) is 12.8. The number of nitrogens with zero attached hydrogens (tertiary/aromatic N) is 10. The molecular formula is C36H40N12O2. The van der Waals surface area contributed by atoms with Crippen LogP contribution >= 0.6 is 0 Å². The third-order valence-corrected chi connectivity index (χ3v) is 9.22. The zero-order valence-corrected chi connectivity index (χ0v) is 28.2. The second kappa shape index (κ2) is 14.8. The molecule has 5 heterocycles. The van der Waals surface area contributed by atoms with Crippen molar-refractivity contribution in [3.8, 4) is 28.7 Å². The van der Waals surface area contributed by atoms with Gasteiger partial charge in [0.15, 0.2) is 12.0 Å². The number of hydrogen-bond donors (Lipinski definition) is 2. The summed E-state index contributed by atoms with van der Waals surface area (Å²) in [6.45, 7) is 3.01. The van der Waals surface area contributed by atoms with Crippen LogP contribution in [0.3, 0.4) is 0 Å². The van der Waals surface area contributed by atoms with E-state index in [1.807, 2.05) is 61.2 Å². The second-order valence-corrected chi connectivity index (χ2v) is 12.8. The van der Waals surface area contributed by atoms with Crippen molar-refractivity contribution in [1.29, 1.82) is 5.26 Å². The van der Waals surface area contributed by atoms with E-state index in [4.69, 9.17) is 14.8 Å². The molecule has 14 nitrogen and oxygen atoms in total. The van der Waals surface area contributed by atoms with Crippen molar-refractivity contribution < 1.29 is 9.53 Å². The van der Waals surface area contributed by atoms with Crippen LogP contribution in [0, 0.1) is 18.3 Å². The molecular weight excluding hydrogens is 632 g/mol. The first kappa shape index (κ1) is 32.8. The molecule has 0 bridgehead atoms. The molecule has 1 aromatic carbocycles. The highest BCUT2D eigenvalue weighted by Gasteiger charge is 2.32. The number of nitrogens with one attached hydrogen (secondary N) is 2. The number of aryl methyl sites for hydroxylation is 2. The van der Waals surface area contributed by atoms with E-state index >= 15 is 0 Å². The van der Waals surface area contributed by atoms with Crippen molar-refractivity contribution in [3.05, 3.63) is 84.2 Å². The molecule has 2 aliphatic rings. The number of hydrogen-bond acceptors (Lipinski definition) is 10. The van der Waals surface area contributed by atoms with E-state index in [0.717, 1.165) is 67.5 Å². The minimum Gasteiger partial charge on any atom is -0.356 e. The number of amides is 2. The molecule has 2 amide bonds. The molecule has 1 aliphatic carbocycles. The van der Waals surface area contributed by atoms with Crippen LogP contribution in [0.2, 0.25) is 0 Å². The van der Waals surface area contributed by atoms with E-state index in [9.17, 15) is 10.1 Å². The van der Waals surface area contributed by atoms with E-state index in [1.54, 1.807) is 34.4 Å². The van der Waals surface area contributed by atoms with Crippen molar-refractivity contribution in [2.45, 2.75) is 76.7 Å². The minimum absolute atomic E-state index is 0.0774. The average molecular weight is 673 g/mol. The maximum Gasteiger partial charge on any atom is 0.323 e. The number of benzene rings is 1. The fourth-order valence-electron chi connectivity index (χ4n) is 6.68. The van der Waals surface area contributed by atoms with Gasteiger partial charge in [0.2, 0.25) is 5.95 Å². The molecule has 2 N–H and O–H groups in total. The lowest BCUT2D eigenvalue weighted by Gasteiger charge is -2.36. The summed E-state index contributed by atoms with van der Waals surface area (Å²) in [6, 6.07) is 13.8. The van der Waals surface area contributed by atoms with Crippen molar-refractivity contribution in [3.63, 3.8) is 0 Å². The molecule has 4 aromatic heterocycles. The highest BCUT2D eigenvalue weighted by Crippen LogP contribution is 2.32. The van der Waals surface area contributed by atoms with Gasteiger partial charge in [0.1, 0.15) is 11.8 Å². The van der Waals surface area contributed by atoms with E-state index < -0.39 is 0 Å². The monoisotopic (exact) mass is 672 g/mol. The van der Waals surface area contributed by atoms with Gasteiger partial charge in [-0.15, -0.1) is 0 Å². The third kappa shape index (κ3) is 7.32. The largest absolute Gasteiger partial charge is 0.356 e. The molecule has 256 valence electrons. The smallest absolute Gasteiger partial charge is 0.323 e. The van der Waals surface area contributed by atoms with Crippen LogP contribution in [0.5, 0.6) is 0 Å². The lowest BCUT2D eigenvalue weighted by molar-refractivity contribution is -0.0385. The van der Waals surface area contributed by atoms with Gasteiger partial charge in [0.25, 0.3) is 0 Å². The number of rotatable bonds is 9. The fraction of sp³-hybridized carbons (Fsp3) is 0.389. The maximum absolute atomic E-state index is 13.8. The van der Waals surface area contributed by atoms with Crippen molar-refractivity contribution >= 4 is 17.8 Å². The average Bonchev–Trinajstić information content (AvgIpc) is 3.78. The summed E-state index contributed by atoms with van der Waals surface area (Å²) in [5, 5.41) is 25.5. The van der Waals surface area contributed by atoms with Crippen molar-refractivity contribution in [1.82, 2.24) is 44.8 Å². The van der Waals surface area contributed by atoms with Gasteiger partial charge in [-0.05, 0) is 63.5 Å². The highest BCUT2D eigenvalue weighted by molar-refractivity contribution is 5.91. The lowest BCUT2D eigenvalue weighted by atomic mass is 9.90. The molecule has 5 aromatic rings. The van der Waals surface area contributed by atoms with Crippen LogP contribution in [0.15, 0.2) is 67.4 Å². The first-order valence-corrected chi connectivity index (χ1v) is 17.1. The number of urea groups is 1. The Morgan fingerprint density at radius 2 is 1.88 bits per heavy atom. The molecule has 1 unspecified atom stereocenters. The van der Waals surface area contributed by atoms with Gasteiger partial charge in [0.05, 0.1) is 47.4 Å². The molecule has 0 spiro atoms. The molecule has 1 saturated heterocycles. The Morgan fingerprint density at radius 1 is 1.04 bits per heavy atom. The molecule has 50 heavy (non-hydrogen) atoms. The lowest BCUT2D eigenvalue weighted by Crippen LogP contribution is -2.49. The first-order chi connectivity index (χ1) is 24.4. The Morgan fingerprint density at radius 3 is 2.58 bits per heavy atom. The number of carbonyl (C=O) groups excluding carboxylic acids is 1. The van der Waals surface area contributed by atoms with Gasteiger partial charge in [0, 0.05) is 44.0 Å². The summed E-state index contributed by atoms with van der Waals surface area (Å²) in [5.74, 6) is 0.945. The van der Waals surface area contributed by atoms with Gasteiger partial charge < -0.3 is 15.4 Å². The van der Waals surface area contributed by atoms with Gasteiger partial charge in [-0.25, -0.2) is 24.4 Å². The summed E-state index contributed by atoms with van der Waals surface area (Å²) >= 11 is 0. The van der Waals surface area contributed by atoms with Crippen LogP contribution in [-0.4, -0.2) is 64.2 Å². The Labute approximate surface area is 290 Å². The summed E-state index contributed by atoms with van der Waals surface area (Å²) in [4.78, 5) is 34.2. The predicted octanol–water partition coefficient (Wildman–Crippen LogP) is 5.55. The molecule has 0 radical (unpaired) electrons. The quantitative estimate of drug-likeness (QED) is 0.203. The Kier molecular flexibility index (Phi) is 9.75. The summed E-state index contributed by atoms with van der Waals surface area (Å²) in [7, 11) is 1.85. The van der Waals surface area contributed by atoms with Gasteiger partial charge >= 0.3 is 6.03 Å². The fourth-order valence-corrected chi connectivity index (χ4v) is 6.68.